The summed E-state index contributed by atoms with van der Waals surface area (Å²) >= 11 is 3.41. The van der Waals surface area contributed by atoms with Crippen LogP contribution in [0.5, 0.6) is 0 Å². The van der Waals surface area contributed by atoms with Gasteiger partial charge in [0.05, 0.1) is 11.4 Å². The lowest BCUT2D eigenvalue weighted by Crippen LogP contribution is -2.35. The van der Waals surface area contributed by atoms with Crippen LogP contribution in [0.15, 0.2) is 57.8 Å². The van der Waals surface area contributed by atoms with E-state index >= 15 is 0 Å². The van der Waals surface area contributed by atoms with Crippen LogP contribution in [0.2, 0.25) is 0 Å². The molecule has 0 radical (unpaired) electrons. The lowest BCUT2D eigenvalue weighted by molar-refractivity contribution is -0.122. The van der Waals surface area contributed by atoms with E-state index in [0.29, 0.717) is 10.9 Å². The first-order chi connectivity index (χ1) is 11.5. The molecule has 1 amide bonds. The van der Waals surface area contributed by atoms with Gasteiger partial charge in [0.1, 0.15) is 12.1 Å². The number of rotatable bonds is 4. The highest BCUT2D eigenvalue weighted by molar-refractivity contribution is 9.10. The van der Waals surface area contributed by atoms with Crippen molar-refractivity contribution in [2.45, 2.75) is 19.5 Å². The summed E-state index contributed by atoms with van der Waals surface area (Å²) in [7, 11) is 0. The summed E-state index contributed by atoms with van der Waals surface area (Å²) < 4.78 is 2.02. The highest BCUT2D eigenvalue weighted by Gasteiger charge is 2.13. The van der Waals surface area contributed by atoms with E-state index in [-0.39, 0.29) is 24.1 Å². The minimum atomic E-state index is -0.328. The average Bonchev–Trinajstić information content (AvgIpc) is 2.57. The topological polar surface area (TPSA) is 76.9 Å². The summed E-state index contributed by atoms with van der Waals surface area (Å²) in [6.45, 7) is 1.71. The first-order valence-electron chi connectivity index (χ1n) is 7.42. The molecule has 0 aliphatic heterocycles. The first kappa shape index (κ1) is 16.3. The maximum absolute atomic E-state index is 12.3. The van der Waals surface area contributed by atoms with Gasteiger partial charge in [0, 0.05) is 4.47 Å². The van der Waals surface area contributed by atoms with Crippen LogP contribution in [0.3, 0.4) is 0 Å². The normalized spacial score (nSPS) is 12.1. The fourth-order valence-electron chi connectivity index (χ4n) is 2.41. The van der Waals surface area contributed by atoms with E-state index in [2.05, 4.69) is 31.6 Å². The smallest absolute Gasteiger partial charge is 0.278 e. The Labute approximate surface area is 146 Å². The van der Waals surface area contributed by atoms with Crippen molar-refractivity contribution >= 4 is 32.7 Å². The zero-order chi connectivity index (χ0) is 17.1. The fraction of sp³-hybridized carbons (Fsp3) is 0.176. The number of halogens is 1. The SMILES string of the molecule is CC(NC(=O)Cn1nnc2ccccc2c1=O)c1cccc(Br)c1. The molecule has 1 atom stereocenters. The predicted octanol–water partition coefficient (Wildman–Crippen LogP) is 2.43. The van der Waals surface area contributed by atoms with Gasteiger partial charge in [0.15, 0.2) is 0 Å². The largest absolute Gasteiger partial charge is 0.348 e. The molecule has 6 nitrogen and oxygen atoms in total. The second-order valence-electron chi connectivity index (χ2n) is 5.41. The molecule has 0 fully saturated rings. The van der Waals surface area contributed by atoms with Gasteiger partial charge in [-0.1, -0.05) is 45.4 Å². The van der Waals surface area contributed by atoms with E-state index in [1.165, 1.54) is 0 Å². The van der Waals surface area contributed by atoms with Gasteiger partial charge in [-0.15, -0.1) is 5.10 Å². The van der Waals surface area contributed by atoms with Gasteiger partial charge in [0.2, 0.25) is 5.91 Å². The van der Waals surface area contributed by atoms with Crippen LogP contribution in [0, 0.1) is 0 Å². The minimum Gasteiger partial charge on any atom is -0.348 e. The lowest BCUT2D eigenvalue weighted by Gasteiger charge is -2.15. The number of fused-ring (bicyclic) bond motifs is 1. The summed E-state index contributed by atoms with van der Waals surface area (Å²) in [6, 6.07) is 14.4. The van der Waals surface area contributed by atoms with Gasteiger partial charge in [-0.05, 0) is 36.8 Å². The maximum atomic E-state index is 12.3. The van der Waals surface area contributed by atoms with E-state index in [9.17, 15) is 9.59 Å². The monoisotopic (exact) mass is 386 g/mol. The molecule has 1 heterocycles. The van der Waals surface area contributed by atoms with Crippen LogP contribution in [0.25, 0.3) is 10.9 Å². The van der Waals surface area contributed by atoms with Gasteiger partial charge in [0.25, 0.3) is 5.56 Å². The first-order valence-corrected chi connectivity index (χ1v) is 8.21. The lowest BCUT2D eigenvalue weighted by atomic mass is 10.1. The van der Waals surface area contributed by atoms with Crippen molar-refractivity contribution in [2.75, 3.05) is 0 Å². The van der Waals surface area contributed by atoms with Gasteiger partial charge < -0.3 is 5.32 Å². The second-order valence-corrected chi connectivity index (χ2v) is 6.33. The molecule has 7 heteroatoms. The Morgan fingerprint density at radius 2 is 2.04 bits per heavy atom. The molecule has 1 unspecified atom stereocenters. The Kier molecular flexibility index (Phi) is 4.71. The molecular formula is C17H15BrN4O2. The molecule has 0 bridgehead atoms. The molecule has 24 heavy (non-hydrogen) atoms. The molecule has 1 N–H and O–H groups in total. The molecular weight excluding hydrogens is 372 g/mol. The molecule has 3 aromatic rings. The number of hydrogen-bond donors (Lipinski definition) is 1. The molecule has 3 rings (SSSR count). The Hall–Kier alpha value is -2.54. The van der Waals surface area contributed by atoms with Gasteiger partial charge in [-0.2, -0.15) is 0 Å². The van der Waals surface area contributed by atoms with Crippen molar-refractivity contribution in [3.63, 3.8) is 0 Å². The summed E-state index contributed by atoms with van der Waals surface area (Å²) in [4.78, 5) is 24.6. The van der Waals surface area contributed by atoms with E-state index in [0.717, 1.165) is 14.7 Å². The third-order valence-electron chi connectivity index (χ3n) is 3.65. The summed E-state index contributed by atoms with van der Waals surface area (Å²) in [6.07, 6.45) is 0. The number of aromatic nitrogens is 3. The molecule has 0 spiro atoms. The van der Waals surface area contributed by atoms with Crippen molar-refractivity contribution in [1.82, 2.24) is 20.3 Å². The minimum absolute atomic E-state index is 0.172. The molecule has 0 saturated heterocycles. The maximum Gasteiger partial charge on any atom is 0.278 e. The summed E-state index contributed by atoms with van der Waals surface area (Å²) in [5.74, 6) is -0.297. The third-order valence-corrected chi connectivity index (χ3v) is 4.14. The summed E-state index contributed by atoms with van der Waals surface area (Å²) in [5, 5.41) is 11.1. The summed E-state index contributed by atoms with van der Waals surface area (Å²) in [5.41, 5.74) is 1.15. The van der Waals surface area contributed by atoms with Crippen molar-refractivity contribution in [2.24, 2.45) is 0 Å². The van der Waals surface area contributed by atoms with Crippen LogP contribution in [-0.4, -0.2) is 20.9 Å². The van der Waals surface area contributed by atoms with E-state index in [1.54, 1.807) is 24.3 Å². The second kappa shape index (κ2) is 6.92. The molecule has 0 aliphatic rings. The fourth-order valence-corrected chi connectivity index (χ4v) is 2.83. The Morgan fingerprint density at radius 3 is 2.83 bits per heavy atom. The molecule has 122 valence electrons. The molecule has 2 aromatic carbocycles. The van der Waals surface area contributed by atoms with Crippen LogP contribution < -0.4 is 10.9 Å². The molecule has 0 aliphatic carbocycles. The number of amides is 1. The van der Waals surface area contributed by atoms with Crippen LogP contribution >= 0.6 is 15.9 Å². The molecule has 0 saturated carbocycles. The number of nitrogens with zero attached hydrogens (tertiary/aromatic N) is 3. The van der Waals surface area contributed by atoms with Crippen molar-refractivity contribution < 1.29 is 4.79 Å². The number of hydrogen-bond acceptors (Lipinski definition) is 4. The Balaban J connectivity index is 1.75. The third kappa shape index (κ3) is 3.51. The van der Waals surface area contributed by atoms with E-state index in [1.807, 2.05) is 31.2 Å². The number of carbonyl (C=O) groups is 1. The van der Waals surface area contributed by atoms with E-state index < -0.39 is 0 Å². The standard InChI is InChI=1S/C17H15BrN4O2/c1-11(12-5-4-6-13(18)9-12)19-16(23)10-22-17(24)14-7-2-3-8-15(14)20-21-22/h2-9,11H,10H2,1H3,(H,19,23). The van der Waals surface area contributed by atoms with Crippen LogP contribution in [0.1, 0.15) is 18.5 Å². The van der Waals surface area contributed by atoms with Gasteiger partial charge in [-0.25, -0.2) is 4.68 Å². The van der Waals surface area contributed by atoms with Gasteiger partial charge in [-0.3, -0.25) is 9.59 Å². The molecule has 1 aromatic heterocycles. The Morgan fingerprint density at radius 1 is 1.25 bits per heavy atom. The van der Waals surface area contributed by atoms with Crippen LogP contribution in [-0.2, 0) is 11.3 Å². The average molecular weight is 387 g/mol. The quantitative estimate of drug-likeness (QED) is 0.746. The number of carbonyl (C=O) groups excluding carboxylic acids is 1. The highest BCUT2D eigenvalue weighted by Crippen LogP contribution is 2.17. The van der Waals surface area contributed by atoms with Crippen molar-refractivity contribution in [3.05, 3.63) is 68.9 Å². The van der Waals surface area contributed by atoms with E-state index in [4.69, 9.17) is 0 Å². The number of nitrogens with one attached hydrogen (secondary N) is 1. The highest BCUT2D eigenvalue weighted by atomic mass is 79.9. The van der Waals surface area contributed by atoms with Crippen molar-refractivity contribution in [1.29, 1.82) is 0 Å². The zero-order valence-corrected chi connectivity index (χ0v) is 14.5. The van der Waals surface area contributed by atoms with Crippen molar-refractivity contribution in [3.8, 4) is 0 Å². The Bertz CT molecular complexity index is 954. The number of benzene rings is 2. The van der Waals surface area contributed by atoms with Crippen LogP contribution in [0.4, 0.5) is 0 Å². The predicted molar refractivity (Wildman–Crippen MR) is 94.5 cm³/mol. The zero-order valence-electron chi connectivity index (χ0n) is 12.9. The van der Waals surface area contributed by atoms with Gasteiger partial charge >= 0.3 is 0 Å².